The number of hydrogen-bond acceptors (Lipinski definition) is 4. The first kappa shape index (κ1) is 12.4. The second kappa shape index (κ2) is 6.07. The van der Waals surface area contributed by atoms with E-state index in [1.54, 1.807) is 11.8 Å². The highest BCUT2D eigenvalue weighted by molar-refractivity contribution is 5.35. The predicted molar refractivity (Wildman–Crippen MR) is 69.6 cm³/mol. The van der Waals surface area contributed by atoms with Crippen LogP contribution in [-0.2, 0) is 13.1 Å². The quantitative estimate of drug-likeness (QED) is 0.812. The molecule has 0 saturated heterocycles. The van der Waals surface area contributed by atoms with Gasteiger partial charge in [0.1, 0.15) is 11.6 Å². The van der Waals surface area contributed by atoms with Crippen molar-refractivity contribution in [1.82, 2.24) is 9.78 Å². The van der Waals surface area contributed by atoms with Gasteiger partial charge in [-0.15, -0.1) is 0 Å². The van der Waals surface area contributed by atoms with Crippen molar-refractivity contribution < 1.29 is 9.84 Å². The molecule has 18 heavy (non-hydrogen) atoms. The summed E-state index contributed by atoms with van der Waals surface area (Å²) >= 11 is 0. The van der Waals surface area contributed by atoms with E-state index in [1.165, 1.54) is 0 Å². The van der Waals surface area contributed by atoms with E-state index in [0.717, 1.165) is 17.1 Å². The Balaban J connectivity index is 1.89. The number of nitrogens with zero attached hydrogens (tertiary/aromatic N) is 2. The zero-order valence-electron chi connectivity index (χ0n) is 10.3. The van der Waals surface area contributed by atoms with Crippen molar-refractivity contribution in [3.8, 4) is 5.75 Å². The maximum absolute atomic E-state index is 8.79. The molecule has 0 atom stereocenters. The highest BCUT2D eigenvalue weighted by Gasteiger charge is 1.99. The number of aliphatic hydroxyl groups excluding tert-OH is 1. The molecule has 0 amide bonds. The van der Waals surface area contributed by atoms with E-state index in [9.17, 15) is 0 Å². The summed E-state index contributed by atoms with van der Waals surface area (Å²) in [5.74, 6) is 1.66. The molecule has 0 aliphatic heterocycles. The molecular weight excluding hydrogens is 230 g/mol. The van der Waals surface area contributed by atoms with Crippen LogP contribution in [0.1, 0.15) is 5.56 Å². The molecule has 5 heteroatoms. The molecule has 0 spiro atoms. The van der Waals surface area contributed by atoms with Gasteiger partial charge in [0.25, 0.3) is 0 Å². The van der Waals surface area contributed by atoms with Gasteiger partial charge in [-0.25, -0.2) is 0 Å². The van der Waals surface area contributed by atoms with Crippen LogP contribution < -0.4 is 10.1 Å². The molecule has 1 aromatic heterocycles. The van der Waals surface area contributed by atoms with Crippen LogP contribution in [-0.4, -0.2) is 28.6 Å². The lowest BCUT2D eigenvalue weighted by molar-refractivity contribution is 0.269. The molecule has 0 aliphatic rings. The minimum absolute atomic E-state index is 0.0968. The highest BCUT2D eigenvalue weighted by Crippen LogP contribution is 2.12. The van der Waals surface area contributed by atoms with Gasteiger partial charge >= 0.3 is 0 Å². The van der Waals surface area contributed by atoms with Crippen molar-refractivity contribution in [3.63, 3.8) is 0 Å². The molecule has 2 N–H and O–H groups in total. The number of ether oxygens (including phenoxy) is 1. The first-order chi connectivity index (χ1) is 8.81. The summed E-state index contributed by atoms with van der Waals surface area (Å²) in [6, 6.07) is 9.77. The highest BCUT2D eigenvalue weighted by atomic mass is 16.5. The van der Waals surface area contributed by atoms with Crippen LogP contribution in [0, 0.1) is 0 Å². The van der Waals surface area contributed by atoms with Crippen molar-refractivity contribution >= 4 is 5.82 Å². The van der Waals surface area contributed by atoms with Crippen molar-refractivity contribution in [1.29, 1.82) is 0 Å². The fourth-order valence-corrected chi connectivity index (χ4v) is 1.62. The van der Waals surface area contributed by atoms with Gasteiger partial charge in [-0.2, -0.15) is 5.10 Å². The fourth-order valence-electron chi connectivity index (χ4n) is 1.62. The Hall–Kier alpha value is -2.01. The molecule has 1 heterocycles. The molecule has 0 aliphatic carbocycles. The topological polar surface area (TPSA) is 59.3 Å². The number of nitrogens with one attached hydrogen (secondary N) is 1. The third-order valence-electron chi connectivity index (χ3n) is 2.60. The van der Waals surface area contributed by atoms with Crippen molar-refractivity contribution in [2.45, 2.75) is 13.1 Å². The van der Waals surface area contributed by atoms with E-state index < -0.39 is 0 Å². The SMILES string of the molecule is COc1ccc(CNc2ccn(CCO)n2)cc1. The van der Waals surface area contributed by atoms with Gasteiger partial charge < -0.3 is 15.2 Å². The summed E-state index contributed by atoms with van der Waals surface area (Å²) in [4.78, 5) is 0. The average molecular weight is 247 g/mol. The second-order valence-electron chi connectivity index (χ2n) is 3.89. The van der Waals surface area contributed by atoms with Gasteiger partial charge in [-0.1, -0.05) is 12.1 Å². The lowest BCUT2D eigenvalue weighted by Crippen LogP contribution is -2.04. The normalized spacial score (nSPS) is 10.3. The van der Waals surface area contributed by atoms with E-state index >= 15 is 0 Å². The number of benzene rings is 1. The second-order valence-corrected chi connectivity index (χ2v) is 3.89. The molecular formula is C13H17N3O2. The van der Waals surface area contributed by atoms with E-state index in [1.807, 2.05) is 36.5 Å². The number of methoxy groups -OCH3 is 1. The van der Waals surface area contributed by atoms with Crippen molar-refractivity contribution in [3.05, 3.63) is 42.1 Å². The smallest absolute Gasteiger partial charge is 0.148 e. The van der Waals surface area contributed by atoms with Crippen LogP contribution in [0.25, 0.3) is 0 Å². The van der Waals surface area contributed by atoms with Crippen LogP contribution in [0.5, 0.6) is 5.75 Å². The van der Waals surface area contributed by atoms with E-state index in [-0.39, 0.29) is 6.61 Å². The molecule has 0 saturated carbocycles. The zero-order chi connectivity index (χ0) is 12.8. The Morgan fingerprint density at radius 3 is 2.72 bits per heavy atom. The average Bonchev–Trinajstić information content (AvgIpc) is 2.85. The maximum atomic E-state index is 8.79. The van der Waals surface area contributed by atoms with Gasteiger partial charge in [-0.3, -0.25) is 4.68 Å². The molecule has 0 fully saturated rings. The Bertz CT molecular complexity index is 479. The van der Waals surface area contributed by atoms with Crippen LogP contribution in [0.3, 0.4) is 0 Å². The molecule has 2 aromatic rings. The standard InChI is InChI=1S/C13H17N3O2/c1-18-12-4-2-11(3-5-12)10-14-13-6-7-16(15-13)8-9-17/h2-7,17H,8-10H2,1H3,(H,14,15). The van der Waals surface area contributed by atoms with E-state index in [2.05, 4.69) is 10.4 Å². The third-order valence-corrected chi connectivity index (χ3v) is 2.60. The van der Waals surface area contributed by atoms with Crippen molar-refractivity contribution in [2.75, 3.05) is 19.0 Å². The van der Waals surface area contributed by atoms with E-state index in [4.69, 9.17) is 9.84 Å². The number of hydrogen-bond donors (Lipinski definition) is 2. The summed E-state index contributed by atoms with van der Waals surface area (Å²) in [5, 5.41) is 16.3. The van der Waals surface area contributed by atoms with Gasteiger partial charge in [0, 0.05) is 18.8 Å². The van der Waals surface area contributed by atoms with Crippen LogP contribution >= 0.6 is 0 Å². The fraction of sp³-hybridized carbons (Fsp3) is 0.308. The maximum Gasteiger partial charge on any atom is 0.148 e. The largest absolute Gasteiger partial charge is 0.497 e. The summed E-state index contributed by atoms with van der Waals surface area (Å²) < 4.78 is 6.81. The van der Waals surface area contributed by atoms with E-state index in [0.29, 0.717) is 13.1 Å². The number of aromatic nitrogens is 2. The Kier molecular flexibility index (Phi) is 4.20. The minimum atomic E-state index is 0.0968. The Morgan fingerprint density at radius 2 is 2.06 bits per heavy atom. The molecule has 96 valence electrons. The van der Waals surface area contributed by atoms with Gasteiger partial charge in [0.05, 0.1) is 20.3 Å². The summed E-state index contributed by atoms with van der Waals surface area (Å²) in [7, 11) is 1.65. The van der Waals surface area contributed by atoms with Crippen LogP contribution in [0.15, 0.2) is 36.5 Å². The Labute approximate surface area is 106 Å². The molecule has 1 aromatic carbocycles. The summed E-state index contributed by atoms with van der Waals surface area (Å²) in [6.45, 7) is 1.32. The molecule has 0 radical (unpaired) electrons. The summed E-state index contributed by atoms with van der Waals surface area (Å²) in [5.41, 5.74) is 1.16. The lowest BCUT2D eigenvalue weighted by Gasteiger charge is -2.04. The van der Waals surface area contributed by atoms with Crippen LogP contribution in [0.4, 0.5) is 5.82 Å². The molecule has 2 rings (SSSR count). The zero-order valence-corrected chi connectivity index (χ0v) is 10.3. The first-order valence-corrected chi connectivity index (χ1v) is 5.83. The minimum Gasteiger partial charge on any atom is -0.497 e. The first-order valence-electron chi connectivity index (χ1n) is 5.83. The van der Waals surface area contributed by atoms with Gasteiger partial charge in [0.15, 0.2) is 0 Å². The van der Waals surface area contributed by atoms with Gasteiger partial charge in [-0.05, 0) is 17.7 Å². The monoisotopic (exact) mass is 247 g/mol. The number of anilines is 1. The van der Waals surface area contributed by atoms with Gasteiger partial charge in [0.2, 0.25) is 0 Å². The predicted octanol–water partition coefficient (Wildman–Crippen LogP) is 1.50. The molecule has 5 nitrogen and oxygen atoms in total. The van der Waals surface area contributed by atoms with Crippen LogP contribution in [0.2, 0.25) is 0 Å². The van der Waals surface area contributed by atoms with Crippen molar-refractivity contribution in [2.24, 2.45) is 0 Å². The lowest BCUT2D eigenvalue weighted by atomic mass is 10.2. The molecule has 0 unspecified atom stereocenters. The third kappa shape index (κ3) is 3.24. The number of rotatable bonds is 6. The number of aliphatic hydroxyl groups is 1. The Morgan fingerprint density at radius 1 is 1.28 bits per heavy atom. The summed E-state index contributed by atoms with van der Waals surface area (Å²) in [6.07, 6.45) is 1.84. The molecule has 0 bridgehead atoms.